The van der Waals surface area contributed by atoms with Crippen molar-refractivity contribution < 1.29 is 9.53 Å². The third-order valence-corrected chi connectivity index (χ3v) is 2.17. The van der Waals surface area contributed by atoms with Crippen molar-refractivity contribution in [3.63, 3.8) is 0 Å². The van der Waals surface area contributed by atoms with Gasteiger partial charge in [0, 0.05) is 24.8 Å². The Bertz CT molecular complexity index is 503. The molecule has 7 heteroatoms. The van der Waals surface area contributed by atoms with Crippen molar-refractivity contribution in [2.75, 3.05) is 6.61 Å². The van der Waals surface area contributed by atoms with Crippen LogP contribution in [-0.2, 0) is 22.6 Å². The zero-order valence-corrected chi connectivity index (χ0v) is 9.56. The molecule has 0 atom stereocenters. The molecule has 0 saturated carbocycles. The zero-order chi connectivity index (χ0) is 12.8. The van der Waals surface area contributed by atoms with Crippen LogP contribution in [0.2, 0.25) is 0 Å². The van der Waals surface area contributed by atoms with Gasteiger partial charge in [-0.15, -0.1) is 0 Å². The van der Waals surface area contributed by atoms with Crippen LogP contribution in [-0.4, -0.2) is 22.1 Å². The number of esters is 1. The van der Waals surface area contributed by atoms with Crippen molar-refractivity contribution in [3.05, 3.63) is 32.6 Å². The number of aryl methyl sites for hydroxylation is 1. The third kappa shape index (κ3) is 3.56. The van der Waals surface area contributed by atoms with Crippen LogP contribution in [0.1, 0.15) is 18.9 Å². The largest absolute Gasteiger partial charge is 0.466 e. The molecule has 0 aliphatic carbocycles. The van der Waals surface area contributed by atoms with Crippen molar-refractivity contribution in [2.45, 2.75) is 26.4 Å². The number of nitrogens with one attached hydrogen (secondary N) is 1. The molecule has 0 aliphatic rings. The first kappa shape index (κ1) is 13.2. The lowest BCUT2D eigenvalue weighted by Crippen LogP contribution is -2.33. The van der Waals surface area contributed by atoms with Crippen molar-refractivity contribution in [3.8, 4) is 0 Å². The Balaban J connectivity index is 2.81. The van der Waals surface area contributed by atoms with Gasteiger partial charge < -0.3 is 10.5 Å². The Morgan fingerprint density at radius 1 is 1.53 bits per heavy atom. The fourth-order valence-corrected chi connectivity index (χ4v) is 1.31. The molecule has 1 aromatic rings. The summed E-state index contributed by atoms with van der Waals surface area (Å²) in [6.45, 7) is 2.19. The molecule has 7 nitrogen and oxygen atoms in total. The molecule has 1 aromatic heterocycles. The van der Waals surface area contributed by atoms with E-state index in [0.717, 1.165) is 0 Å². The number of nitrogens with two attached hydrogens (primary N) is 1. The van der Waals surface area contributed by atoms with E-state index in [4.69, 9.17) is 10.5 Å². The summed E-state index contributed by atoms with van der Waals surface area (Å²) in [4.78, 5) is 35.9. The minimum absolute atomic E-state index is 0.0367. The van der Waals surface area contributed by atoms with Gasteiger partial charge in [0.25, 0.3) is 5.56 Å². The van der Waals surface area contributed by atoms with Crippen LogP contribution in [0, 0.1) is 0 Å². The number of ether oxygens (including phenoxy) is 1. The van der Waals surface area contributed by atoms with Gasteiger partial charge in [-0.05, 0) is 6.92 Å². The molecule has 0 fully saturated rings. The summed E-state index contributed by atoms with van der Waals surface area (Å²) in [5.74, 6) is -0.389. The molecule has 0 aliphatic heterocycles. The summed E-state index contributed by atoms with van der Waals surface area (Å²) < 4.78 is 5.97. The second-order valence-corrected chi connectivity index (χ2v) is 3.37. The van der Waals surface area contributed by atoms with Crippen LogP contribution in [0.3, 0.4) is 0 Å². The first-order valence-corrected chi connectivity index (χ1v) is 5.26. The van der Waals surface area contributed by atoms with Gasteiger partial charge in [-0.3, -0.25) is 19.1 Å². The van der Waals surface area contributed by atoms with Crippen molar-refractivity contribution in [1.29, 1.82) is 0 Å². The van der Waals surface area contributed by atoms with Crippen molar-refractivity contribution in [1.82, 2.24) is 9.55 Å². The average Bonchev–Trinajstić information content (AvgIpc) is 2.28. The van der Waals surface area contributed by atoms with Crippen LogP contribution in [0.5, 0.6) is 0 Å². The number of hydrogen-bond donors (Lipinski definition) is 2. The van der Waals surface area contributed by atoms with E-state index in [1.807, 2.05) is 0 Å². The van der Waals surface area contributed by atoms with Crippen LogP contribution >= 0.6 is 0 Å². The van der Waals surface area contributed by atoms with E-state index in [1.165, 1.54) is 10.8 Å². The third-order valence-electron chi connectivity index (χ3n) is 2.17. The fourth-order valence-electron chi connectivity index (χ4n) is 1.31. The molecule has 0 radical (unpaired) electrons. The number of carbonyl (C=O) groups excluding carboxylic acids is 1. The monoisotopic (exact) mass is 241 g/mol. The predicted octanol–water partition coefficient (Wildman–Crippen LogP) is -1.05. The molecule has 0 saturated heterocycles. The Labute approximate surface area is 97.2 Å². The lowest BCUT2D eigenvalue weighted by Gasteiger charge is -2.06. The Kier molecular flexibility index (Phi) is 4.65. The SMILES string of the molecule is CCOC(=O)CCn1cc(CN)c(=O)[nH]c1=O. The van der Waals surface area contributed by atoms with Gasteiger partial charge in [0.15, 0.2) is 0 Å². The highest BCUT2D eigenvalue weighted by molar-refractivity contribution is 5.69. The second-order valence-electron chi connectivity index (χ2n) is 3.37. The Morgan fingerprint density at radius 2 is 2.24 bits per heavy atom. The standard InChI is InChI=1S/C10H15N3O4/c1-2-17-8(14)3-4-13-6-7(5-11)9(15)12-10(13)16/h6H,2-5,11H2,1H3,(H,12,15,16). The molecule has 0 unspecified atom stereocenters. The highest BCUT2D eigenvalue weighted by atomic mass is 16.5. The zero-order valence-electron chi connectivity index (χ0n) is 9.56. The number of aromatic nitrogens is 2. The van der Waals surface area contributed by atoms with Gasteiger partial charge in [0.2, 0.25) is 0 Å². The summed E-state index contributed by atoms with van der Waals surface area (Å²) in [6, 6.07) is 0. The molecule has 94 valence electrons. The topological polar surface area (TPSA) is 107 Å². The molecular formula is C10H15N3O4. The number of nitrogens with zero attached hydrogens (tertiary/aromatic N) is 1. The van der Waals surface area contributed by atoms with E-state index < -0.39 is 11.2 Å². The number of hydrogen-bond acceptors (Lipinski definition) is 5. The van der Waals surface area contributed by atoms with Gasteiger partial charge in [0.1, 0.15) is 0 Å². The minimum atomic E-state index is -0.559. The van der Waals surface area contributed by atoms with Crippen LogP contribution in [0.4, 0.5) is 0 Å². The average molecular weight is 241 g/mol. The summed E-state index contributed by atoms with van der Waals surface area (Å²) >= 11 is 0. The normalized spacial score (nSPS) is 10.2. The van der Waals surface area contributed by atoms with Crippen LogP contribution in [0.15, 0.2) is 15.8 Å². The van der Waals surface area contributed by atoms with Crippen LogP contribution < -0.4 is 17.0 Å². The quantitative estimate of drug-likeness (QED) is 0.639. The van der Waals surface area contributed by atoms with E-state index in [-0.39, 0.29) is 25.5 Å². The number of aromatic amines is 1. The van der Waals surface area contributed by atoms with Gasteiger partial charge in [-0.2, -0.15) is 0 Å². The number of rotatable bonds is 5. The maximum absolute atomic E-state index is 11.4. The molecule has 0 aromatic carbocycles. The molecule has 1 heterocycles. The fraction of sp³-hybridized carbons (Fsp3) is 0.500. The highest BCUT2D eigenvalue weighted by Gasteiger charge is 2.06. The van der Waals surface area contributed by atoms with E-state index in [0.29, 0.717) is 12.2 Å². The van der Waals surface area contributed by atoms with E-state index in [9.17, 15) is 14.4 Å². The second kappa shape index (κ2) is 6.00. The molecule has 3 N–H and O–H groups in total. The smallest absolute Gasteiger partial charge is 0.328 e. The van der Waals surface area contributed by atoms with Crippen LogP contribution in [0.25, 0.3) is 0 Å². The summed E-state index contributed by atoms with van der Waals surface area (Å²) in [5, 5.41) is 0. The van der Waals surface area contributed by atoms with E-state index >= 15 is 0 Å². The molecule has 0 spiro atoms. The number of H-pyrrole nitrogens is 1. The maximum Gasteiger partial charge on any atom is 0.328 e. The predicted molar refractivity (Wildman–Crippen MR) is 60.5 cm³/mol. The summed E-state index contributed by atoms with van der Waals surface area (Å²) in [6.07, 6.45) is 1.43. The lowest BCUT2D eigenvalue weighted by atomic mass is 10.3. The van der Waals surface area contributed by atoms with Crippen molar-refractivity contribution in [2.24, 2.45) is 5.73 Å². The van der Waals surface area contributed by atoms with Gasteiger partial charge in [-0.25, -0.2) is 4.79 Å². The van der Waals surface area contributed by atoms with Gasteiger partial charge in [0.05, 0.1) is 13.0 Å². The van der Waals surface area contributed by atoms with E-state index in [1.54, 1.807) is 6.92 Å². The first-order chi connectivity index (χ1) is 8.08. The molecule has 0 amide bonds. The lowest BCUT2D eigenvalue weighted by molar-refractivity contribution is -0.143. The Morgan fingerprint density at radius 3 is 2.82 bits per heavy atom. The van der Waals surface area contributed by atoms with Gasteiger partial charge >= 0.3 is 11.7 Å². The first-order valence-electron chi connectivity index (χ1n) is 5.26. The minimum Gasteiger partial charge on any atom is -0.466 e. The highest BCUT2D eigenvalue weighted by Crippen LogP contribution is 1.92. The van der Waals surface area contributed by atoms with E-state index in [2.05, 4.69) is 4.98 Å². The molecule has 17 heavy (non-hydrogen) atoms. The molecular weight excluding hydrogens is 226 g/mol. The number of carbonyl (C=O) groups is 1. The molecule has 0 bridgehead atoms. The van der Waals surface area contributed by atoms with Crippen molar-refractivity contribution >= 4 is 5.97 Å². The Hall–Kier alpha value is -1.89. The summed E-state index contributed by atoms with van der Waals surface area (Å²) in [7, 11) is 0. The molecule has 1 rings (SSSR count). The summed E-state index contributed by atoms with van der Waals surface area (Å²) in [5.41, 5.74) is 4.59. The maximum atomic E-state index is 11.4. The van der Waals surface area contributed by atoms with Gasteiger partial charge in [-0.1, -0.05) is 0 Å².